The Hall–Kier alpha value is -1.61. The normalized spacial score (nSPS) is 14.6. The Kier molecular flexibility index (Phi) is 3.40. The third-order valence-electron chi connectivity index (χ3n) is 3.82. The first-order valence-corrected chi connectivity index (χ1v) is 7.61. The van der Waals surface area contributed by atoms with Gasteiger partial charge >= 0.3 is 0 Å². The van der Waals surface area contributed by atoms with Crippen molar-refractivity contribution in [3.8, 4) is 0 Å². The van der Waals surface area contributed by atoms with Gasteiger partial charge < -0.3 is 4.57 Å². The number of nitrogens with zero attached hydrogens (tertiary/aromatic N) is 2. The second-order valence-corrected chi connectivity index (χ2v) is 7.05. The summed E-state index contributed by atoms with van der Waals surface area (Å²) in [5.41, 5.74) is 2.80. The van der Waals surface area contributed by atoms with E-state index in [9.17, 15) is 4.79 Å². The number of halogens is 1. The third kappa shape index (κ3) is 2.62. The molecule has 1 aromatic heterocycles. The van der Waals surface area contributed by atoms with Crippen molar-refractivity contribution in [1.29, 1.82) is 0 Å². The maximum atomic E-state index is 12.2. The lowest BCUT2D eigenvalue weighted by Crippen LogP contribution is -2.21. The van der Waals surface area contributed by atoms with Crippen LogP contribution in [0.2, 0.25) is 5.02 Å². The predicted octanol–water partition coefficient (Wildman–Crippen LogP) is 4.01. The van der Waals surface area contributed by atoms with Gasteiger partial charge in [0.1, 0.15) is 11.5 Å². The summed E-state index contributed by atoms with van der Waals surface area (Å²) in [6.07, 6.45) is 1.35. The third-order valence-corrected chi connectivity index (χ3v) is 4.07. The zero-order valence-electron chi connectivity index (χ0n) is 12.6. The van der Waals surface area contributed by atoms with Crippen LogP contribution in [0.4, 0.5) is 0 Å². The van der Waals surface area contributed by atoms with Crippen molar-refractivity contribution in [1.82, 2.24) is 9.55 Å². The van der Waals surface area contributed by atoms with Crippen molar-refractivity contribution in [2.45, 2.75) is 45.6 Å². The smallest absolute Gasteiger partial charge is 0.181 e. The first-order chi connectivity index (χ1) is 9.86. The van der Waals surface area contributed by atoms with E-state index in [1.807, 2.05) is 24.3 Å². The molecule has 3 nitrogen and oxygen atoms in total. The summed E-state index contributed by atoms with van der Waals surface area (Å²) in [7, 11) is 0. The number of carbonyl (C=O) groups is 1. The molecule has 0 aliphatic heterocycles. The minimum absolute atomic E-state index is 0.0863. The molecule has 3 rings (SSSR count). The van der Waals surface area contributed by atoms with E-state index < -0.39 is 0 Å². The summed E-state index contributed by atoms with van der Waals surface area (Å²) in [6.45, 7) is 7.06. The van der Waals surface area contributed by atoms with Crippen LogP contribution in [0.25, 0.3) is 0 Å². The average Bonchev–Trinajstić information content (AvgIpc) is 2.93. The Balaban J connectivity index is 2.07. The van der Waals surface area contributed by atoms with Crippen LogP contribution in [0.3, 0.4) is 0 Å². The van der Waals surface area contributed by atoms with Gasteiger partial charge in [-0.25, -0.2) is 4.98 Å². The highest BCUT2D eigenvalue weighted by Gasteiger charge is 2.32. The molecule has 0 N–H and O–H groups in total. The molecule has 0 saturated carbocycles. The number of aromatic nitrogens is 2. The first kappa shape index (κ1) is 14.3. The first-order valence-electron chi connectivity index (χ1n) is 7.24. The van der Waals surface area contributed by atoms with Crippen LogP contribution in [0, 0.1) is 0 Å². The summed E-state index contributed by atoms with van der Waals surface area (Å²) >= 11 is 5.94. The molecule has 1 heterocycles. The number of fused-ring (bicyclic) bond motifs is 1. The molecule has 21 heavy (non-hydrogen) atoms. The van der Waals surface area contributed by atoms with Gasteiger partial charge in [-0.3, -0.25) is 4.79 Å². The molecule has 4 heteroatoms. The summed E-state index contributed by atoms with van der Waals surface area (Å²) in [5.74, 6) is 1.19. The molecule has 1 aromatic carbocycles. The van der Waals surface area contributed by atoms with Crippen LogP contribution in [-0.4, -0.2) is 15.3 Å². The molecule has 0 atom stereocenters. The highest BCUT2D eigenvalue weighted by atomic mass is 35.5. The lowest BCUT2D eigenvalue weighted by Gasteiger charge is -2.21. The lowest BCUT2D eigenvalue weighted by molar-refractivity contribution is 0.0986. The van der Waals surface area contributed by atoms with Gasteiger partial charge in [-0.15, -0.1) is 0 Å². The molecule has 0 fully saturated rings. The molecule has 2 aromatic rings. The number of Topliss-reactive ketones (excluding diaryl/α,β-unsaturated/α-hetero) is 1. The fraction of sp³-hybridized carbons (Fsp3) is 0.412. The van der Waals surface area contributed by atoms with Crippen molar-refractivity contribution in [2.75, 3.05) is 0 Å². The molecule has 0 unspecified atom stereocenters. The highest BCUT2D eigenvalue weighted by molar-refractivity contribution is 6.30. The number of ketones is 1. The van der Waals surface area contributed by atoms with E-state index in [4.69, 9.17) is 16.6 Å². The van der Waals surface area contributed by atoms with Gasteiger partial charge in [-0.05, 0) is 24.1 Å². The monoisotopic (exact) mass is 302 g/mol. The van der Waals surface area contributed by atoms with Crippen LogP contribution in [0.5, 0.6) is 0 Å². The maximum Gasteiger partial charge on any atom is 0.181 e. The average molecular weight is 303 g/mol. The van der Waals surface area contributed by atoms with Crippen LogP contribution in [0.15, 0.2) is 24.3 Å². The Bertz CT molecular complexity index is 693. The summed E-state index contributed by atoms with van der Waals surface area (Å²) in [5, 5.41) is 0.724. The van der Waals surface area contributed by atoms with Crippen molar-refractivity contribution >= 4 is 17.4 Å². The predicted molar refractivity (Wildman–Crippen MR) is 84.1 cm³/mol. The Morgan fingerprint density at radius 3 is 2.48 bits per heavy atom. The summed E-state index contributed by atoms with van der Waals surface area (Å²) in [4.78, 5) is 16.9. The van der Waals surface area contributed by atoms with Gasteiger partial charge in [0.05, 0.1) is 5.69 Å². The number of aryl methyl sites for hydroxylation is 1. The molecular weight excluding hydrogens is 284 g/mol. The Labute approximate surface area is 130 Å². The summed E-state index contributed by atoms with van der Waals surface area (Å²) in [6, 6.07) is 7.76. The van der Waals surface area contributed by atoms with E-state index in [0.717, 1.165) is 34.2 Å². The number of hydrogen-bond donors (Lipinski definition) is 0. The zero-order valence-corrected chi connectivity index (χ0v) is 13.4. The van der Waals surface area contributed by atoms with Crippen molar-refractivity contribution < 1.29 is 4.79 Å². The number of hydrogen-bond acceptors (Lipinski definition) is 2. The van der Waals surface area contributed by atoms with E-state index >= 15 is 0 Å². The van der Waals surface area contributed by atoms with Gasteiger partial charge in [-0.1, -0.05) is 44.5 Å². The Morgan fingerprint density at radius 1 is 1.19 bits per heavy atom. The quantitative estimate of drug-likeness (QED) is 0.840. The van der Waals surface area contributed by atoms with E-state index in [0.29, 0.717) is 13.0 Å². The zero-order chi connectivity index (χ0) is 15.2. The van der Waals surface area contributed by atoms with Gasteiger partial charge in [0, 0.05) is 23.4 Å². The second-order valence-electron chi connectivity index (χ2n) is 6.62. The molecule has 0 spiro atoms. The van der Waals surface area contributed by atoms with Gasteiger partial charge in [0.2, 0.25) is 0 Å². The van der Waals surface area contributed by atoms with Crippen LogP contribution >= 0.6 is 11.6 Å². The highest BCUT2D eigenvalue weighted by Crippen LogP contribution is 2.30. The number of carbonyl (C=O) groups excluding carboxylic acids is 1. The number of benzene rings is 1. The van der Waals surface area contributed by atoms with E-state index in [1.54, 1.807) is 0 Å². The molecular formula is C17H19ClN2O. The standard InChI is InChI=1S/C17H19ClN2O/c1-17(2,3)16-19-13-8-9-14(21)15(13)20(16)10-11-4-6-12(18)7-5-11/h4-7H,8-10H2,1-3H3. The lowest BCUT2D eigenvalue weighted by atomic mass is 9.95. The van der Waals surface area contributed by atoms with Gasteiger partial charge in [0.25, 0.3) is 0 Å². The molecule has 0 amide bonds. The largest absolute Gasteiger partial charge is 0.320 e. The van der Waals surface area contributed by atoms with Gasteiger partial charge in [0.15, 0.2) is 5.78 Å². The SMILES string of the molecule is CC(C)(C)c1nc2c(n1Cc1ccc(Cl)cc1)C(=O)CC2. The maximum absolute atomic E-state index is 12.2. The fourth-order valence-corrected chi connectivity index (χ4v) is 2.96. The molecule has 1 aliphatic carbocycles. The van der Waals surface area contributed by atoms with Crippen LogP contribution in [0.1, 0.15) is 54.8 Å². The molecule has 0 saturated heterocycles. The fourth-order valence-electron chi connectivity index (χ4n) is 2.84. The number of rotatable bonds is 2. The summed E-state index contributed by atoms with van der Waals surface area (Å²) < 4.78 is 2.09. The molecule has 110 valence electrons. The van der Waals surface area contributed by atoms with Crippen molar-refractivity contribution in [3.63, 3.8) is 0 Å². The minimum atomic E-state index is -0.0863. The topological polar surface area (TPSA) is 34.9 Å². The minimum Gasteiger partial charge on any atom is -0.320 e. The van der Waals surface area contributed by atoms with Crippen LogP contribution in [-0.2, 0) is 18.4 Å². The Morgan fingerprint density at radius 2 is 1.86 bits per heavy atom. The van der Waals surface area contributed by atoms with Crippen molar-refractivity contribution in [3.05, 3.63) is 52.1 Å². The van der Waals surface area contributed by atoms with Gasteiger partial charge in [-0.2, -0.15) is 0 Å². The molecule has 1 aliphatic rings. The van der Waals surface area contributed by atoms with E-state index in [1.165, 1.54) is 0 Å². The van der Waals surface area contributed by atoms with E-state index in [2.05, 4.69) is 25.3 Å². The molecule has 0 bridgehead atoms. The van der Waals surface area contributed by atoms with Crippen molar-refractivity contribution in [2.24, 2.45) is 0 Å². The second kappa shape index (κ2) is 4.99. The number of imidazole rings is 1. The van der Waals surface area contributed by atoms with Crippen LogP contribution < -0.4 is 0 Å². The molecule has 0 radical (unpaired) electrons. The van der Waals surface area contributed by atoms with E-state index in [-0.39, 0.29) is 11.2 Å².